The van der Waals surface area contributed by atoms with E-state index < -0.39 is 6.10 Å². The van der Waals surface area contributed by atoms with Crippen LogP contribution in [0.3, 0.4) is 0 Å². The van der Waals surface area contributed by atoms with Crippen LogP contribution in [0.4, 0.5) is 5.82 Å². The first kappa shape index (κ1) is 17.6. The maximum Gasteiger partial charge on any atom is 0.151 e. The summed E-state index contributed by atoms with van der Waals surface area (Å²) >= 11 is 0. The summed E-state index contributed by atoms with van der Waals surface area (Å²) in [5.41, 5.74) is 1.08. The third-order valence-electron chi connectivity index (χ3n) is 4.51. The Morgan fingerprint density at radius 2 is 2.20 bits per heavy atom. The van der Waals surface area contributed by atoms with Gasteiger partial charge in [0.1, 0.15) is 18.5 Å². The topological polar surface area (TPSA) is 70.5 Å². The monoisotopic (exact) mass is 342 g/mol. The van der Waals surface area contributed by atoms with E-state index >= 15 is 0 Å². The van der Waals surface area contributed by atoms with Crippen LogP contribution in [-0.2, 0) is 0 Å². The molecule has 2 aromatic rings. The first-order chi connectivity index (χ1) is 12.2. The average molecular weight is 342 g/mol. The van der Waals surface area contributed by atoms with Crippen LogP contribution in [-0.4, -0.2) is 53.7 Å². The van der Waals surface area contributed by atoms with Gasteiger partial charge in [-0.1, -0.05) is 18.2 Å². The highest BCUT2D eigenvalue weighted by Gasteiger charge is 2.25. The molecule has 2 heterocycles. The number of ether oxygens (including phenoxy) is 1. The number of aliphatic hydroxyl groups is 1. The van der Waals surface area contributed by atoms with Crippen molar-refractivity contribution in [3.05, 3.63) is 48.2 Å². The Morgan fingerprint density at radius 1 is 1.32 bits per heavy atom. The van der Waals surface area contributed by atoms with Gasteiger partial charge in [-0.2, -0.15) is 5.10 Å². The van der Waals surface area contributed by atoms with Crippen molar-refractivity contribution in [1.82, 2.24) is 15.5 Å². The molecule has 0 unspecified atom stereocenters. The molecule has 1 saturated heterocycles. The third kappa shape index (κ3) is 4.90. The van der Waals surface area contributed by atoms with Gasteiger partial charge in [-0.25, -0.2) is 0 Å². The lowest BCUT2D eigenvalue weighted by Gasteiger charge is -2.26. The predicted octanol–water partition coefficient (Wildman–Crippen LogP) is 1.78. The van der Waals surface area contributed by atoms with Crippen molar-refractivity contribution in [3.63, 3.8) is 0 Å². The molecule has 6 heteroatoms. The summed E-state index contributed by atoms with van der Waals surface area (Å²) in [5, 5.41) is 21.7. The number of nitrogens with zero attached hydrogens (tertiary/aromatic N) is 3. The second kappa shape index (κ2) is 8.78. The van der Waals surface area contributed by atoms with Crippen LogP contribution in [0.1, 0.15) is 18.4 Å². The molecule has 134 valence electrons. The van der Waals surface area contributed by atoms with Crippen molar-refractivity contribution in [2.45, 2.75) is 31.9 Å². The quantitative estimate of drug-likeness (QED) is 0.762. The predicted molar refractivity (Wildman–Crippen MR) is 98.0 cm³/mol. The summed E-state index contributed by atoms with van der Waals surface area (Å²) in [6, 6.07) is 12.1. The number of rotatable bonds is 8. The molecular weight excluding hydrogens is 316 g/mol. The molecule has 2 atom stereocenters. The lowest BCUT2D eigenvalue weighted by molar-refractivity contribution is 0.106. The molecule has 1 aromatic heterocycles. The minimum atomic E-state index is -0.536. The first-order valence-electron chi connectivity index (χ1n) is 8.85. The molecule has 0 aliphatic carbocycles. The zero-order valence-electron chi connectivity index (χ0n) is 14.6. The minimum absolute atomic E-state index is 0.288. The summed E-state index contributed by atoms with van der Waals surface area (Å²) in [6.45, 7) is 4.62. The number of hydrogen-bond donors (Lipinski definition) is 2. The Labute approximate surface area is 148 Å². The molecule has 0 saturated carbocycles. The lowest BCUT2D eigenvalue weighted by atomic mass is 10.2. The Morgan fingerprint density at radius 3 is 3.00 bits per heavy atom. The zero-order valence-corrected chi connectivity index (χ0v) is 14.6. The maximum absolute atomic E-state index is 10.1. The summed E-state index contributed by atoms with van der Waals surface area (Å²) in [4.78, 5) is 2.29. The number of nitrogens with one attached hydrogen (secondary N) is 1. The highest BCUT2D eigenvalue weighted by atomic mass is 16.5. The van der Waals surface area contributed by atoms with Gasteiger partial charge in [0.25, 0.3) is 0 Å². The van der Waals surface area contributed by atoms with Gasteiger partial charge >= 0.3 is 0 Å². The van der Waals surface area contributed by atoms with Crippen molar-refractivity contribution in [2.75, 3.05) is 31.1 Å². The number of hydrogen-bond acceptors (Lipinski definition) is 6. The van der Waals surface area contributed by atoms with Crippen LogP contribution < -0.4 is 15.0 Å². The van der Waals surface area contributed by atoms with Gasteiger partial charge in [0.2, 0.25) is 0 Å². The van der Waals surface area contributed by atoms with Gasteiger partial charge in [-0.15, -0.1) is 5.10 Å². The number of benzene rings is 1. The number of aryl methyl sites for hydroxylation is 1. The van der Waals surface area contributed by atoms with Gasteiger partial charge in [0, 0.05) is 31.9 Å². The lowest BCUT2D eigenvalue weighted by Crippen LogP contribution is -2.41. The fourth-order valence-corrected chi connectivity index (χ4v) is 3.18. The Bertz CT molecular complexity index is 653. The van der Waals surface area contributed by atoms with E-state index in [1.54, 1.807) is 6.20 Å². The van der Waals surface area contributed by atoms with E-state index in [1.807, 2.05) is 43.3 Å². The van der Waals surface area contributed by atoms with E-state index in [0.29, 0.717) is 12.6 Å². The molecule has 3 rings (SSSR count). The largest absolute Gasteiger partial charge is 0.491 e. The molecule has 0 amide bonds. The molecule has 1 aliphatic heterocycles. The summed E-state index contributed by atoms with van der Waals surface area (Å²) in [5.74, 6) is 1.75. The van der Waals surface area contributed by atoms with Crippen LogP contribution in [0.25, 0.3) is 0 Å². The highest BCUT2D eigenvalue weighted by molar-refractivity contribution is 5.39. The van der Waals surface area contributed by atoms with Gasteiger partial charge in [0.05, 0.1) is 0 Å². The molecule has 6 nitrogen and oxygen atoms in total. The summed E-state index contributed by atoms with van der Waals surface area (Å²) in [6.07, 6.45) is 3.43. The Kier molecular flexibility index (Phi) is 6.19. The smallest absolute Gasteiger partial charge is 0.151 e. The van der Waals surface area contributed by atoms with Crippen LogP contribution in [0.15, 0.2) is 42.6 Å². The Balaban J connectivity index is 1.41. The van der Waals surface area contributed by atoms with Crippen molar-refractivity contribution in [2.24, 2.45) is 0 Å². The number of para-hydroxylation sites is 1. The fraction of sp³-hybridized carbons (Fsp3) is 0.474. The molecular formula is C19H26N4O2. The molecule has 1 aliphatic rings. The zero-order chi connectivity index (χ0) is 17.5. The van der Waals surface area contributed by atoms with Crippen LogP contribution in [0, 0.1) is 6.92 Å². The maximum atomic E-state index is 10.1. The number of anilines is 1. The molecule has 0 spiro atoms. The Hall–Kier alpha value is -2.18. The van der Waals surface area contributed by atoms with Crippen molar-refractivity contribution in [1.29, 1.82) is 0 Å². The molecule has 0 radical (unpaired) electrons. The van der Waals surface area contributed by atoms with Gasteiger partial charge in [0.15, 0.2) is 5.82 Å². The molecule has 25 heavy (non-hydrogen) atoms. The normalized spacial score (nSPS) is 18.3. The standard InChI is InChI=1S/C19H26N4O2/c1-15-6-2-3-8-18(15)25-14-17(24)13-20-12-16-7-5-11-23(16)19-9-4-10-21-22-19/h2-4,6,8-10,16-17,20,24H,5,7,11-14H2,1H3/t16-,17-/m1/s1. The van der Waals surface area contributed by atoms with Crippen molar-refractivity contribution >= 4 is 5.82 Å². The average Bonchev–Trinajstić information content (AvgIpc) is 3.10. The molecule has 2 N–H and O–H groups in total. The SMILES string of the molecule is Cc1ccccc1OC[C@H](O)CNC[C@H]1CCCN1c1cccnn1. The van der Waals surface area contributed by atoms with Gasteiger partial charge in [-0.05, 0) is 43.5 Å². The van der Waals surface area contributed by atoms with Crippen molar-refractivity contribution < 1.29 is 9.84 Å². The van der Waals surface area contributed by atoms with Crippen LogP contribution >= 0.6 is 0 Å². The second-order valence-corrected chi connectivity index (χ2v) is 6.46. The van der Waals surface area contributed by atoms with Gasteiger partial charge < -0.3 is 20.1 Å². The molecule has 1 aromatic carbocycles. The van der Waals surface area contributed by atoms with E-state index in [0.717, 1.165) is 43.1 Å². The van der Waals surface area contributed by atoms with E-state index in [-0.39, 0.29) is 6.61 Å². The fourth-order valence-electron chi connectivity index (χ4n) is 3.18. The third-order valence-corrected chi connectivity index (χ3v) is 4.51. The molecule has 1 fully saturated rings. The van der Waals surface area contributed by atoms with Crippen molar-refractivity contribution in [3.8, 4) is 5.75 Å². The van der Waals surface area contributed by atoms with Crippen LogP contribution in [0.2, 0.25) is 0 Å². The number of aliphatic hydroxyl groups excluding tert-OH is 1. The summed E-state index contributed by atoms with van der Waals surface area (Å²) < 4.78 is 5.69. The second-order valence-electron chi connectivity index (χ2n) is 6.46. The van der Waals surface area contributed by atoms with E-state index in [2.05, 4.69) is 20.4 Å². The van der Waals surface area contributed by atoms with E-state index in [9.17, 15) is 5.11 Å². The number of aromatic nitrogens is 2. The van der Waals surface area contributed by atoms with E-state index in [1.165, 1.54) is 0 Å². The van der Waals surface area contributed by atoms with Crippen LogP contribution in [0.5, 0.6) is 5.75 Å². The minimum Gasteiger partial charge on any atom is -0.491 e. The molecule has 0 bridgehead atoms. The van der Waals surface area contributed by atoms with Gasteiger partial charge in [-0.3, -0.25) is 0 Å². The summed E-state index contributed by atoms with van der Waals surface area (Å²) in [7, 11) is 0. The van der Waals surface area contributed by atoms with E-state index in [4.69, 9.17) is 4.74 Å². The first-order valence-corrected chi connectivity index (χ1v) is 8.85. The highest BCUT2D eigenvalue weighted by Crippen LogP contribution is 2.22.